The molecular formula is C21H27N5O3. The highest BCUT2D eigenvalue weighted by molar-refractivity contribution is 6.09. The van der Waals surface area contributed by atoms with E-state index in [9.17, 15) is 9.59 Å². The molecule has 2 amide bonds. The number of hydrogen-bond donors (Lipinski definition) is 2. The molecule has 0 unspecified atom stereocenters. The molecule has 0 saturated carbocycles. The van der Waals surface area contributed by atoms with Crippen LogP contribution in [0.3, 0.4) is 0 Å². The van der Waals surface area contributed by atoms with Crippen LogP contribution in [0.5, 0.6) is 5.88 Å². The first-order valence-corrected chi connectivity index (χ1v) is 9.64. The summed E-state index contributed by atoms with van der Waals surface area (Å²) in [5.74, 6) is 0.0404. The molecule has 8 nitrogen and oxygen atoms in total. The quantitative estimate of drug-likeness (QED) is 0.802. The van der Waals surface area contributed by atoms with Gasteiger partial charge in [0, 0.05) is 49.7 Å². The molecule has 0 bridgehead atoms. The largest absolute Gasteiger partial charge is 0.480 e. The van der Waals surface area contributed by atoms with E-state index in [4.69, 9.17) is 10.5 Å². The Balaban J connectivity index is 1.63. The first-order chi connectivity index (χ1) is 13.9. The van der Waals surface area contributed by atoms with Crippen LogP contribution >= 0.6 is 0 Å². The van der Waals surface area contributed by atoms with Gasteiger partial charge in [-0.05, 0) is 30.3 Å². The summed E-state index contributed by atoms with van der Waals surface area (Å²) in [4.78, 5) is 32.9. The summed E-state index contributed by atoms with van der Waals surface area (Å²) in [5.41, 5.74) is 8.13. The molecule has 0 atom stereocenters. The molecule has 8 heteroatoms. The van der Waals surface area contributed by atoms with Gasteiger partial charge in [0.25, 0.3) is 5.91 Å². The highest BCUT2D eigenvalue weighted by Crippen LogP contribution is 2.24. The Kier molecular flexibility index (Phi) is 6.21. The van der Waals surface area contributed by atoms with E-state index >= 15 is 0 Å². The zero-order valence-corrected chi connectivity index (χ0v) is 17.0. The molecular weight excluding hydrogens is 370 g/mol. The number of nitrogen functional groups attached to an aromatic ring is 1. The van der Waals surface area contributed by atoms with Crippen molar-refractivity contribution >= 4 is 28.9 Å². The standard InChI is InChI=1S/C21H27N5O3/c1-14(2)21(28)26-12-10-25(11-13-26)16-6-4-15(5-7-16)24-19(27)18-17(22)8-9-23-20(18)29-3/h4-9,14H,10-13H2,1-3H3,(H2,22,23)(H,24,27). The van der Waals surface area contributed by atoms with Gasteiger partial charge in [0.05, 0.1) is 12.8 Å². The van der Waals surface area contributed by atoms with Crippen LogP contribution in [-0.2, 0) is 4.79 Å². The molecule has 0 spiro atoms. The lowest BCUT2D eigenvalue weighted by atomic mass is 10.1. The molecule has 1 aliphatic rings. The van der Waals surface area contributed by atoms with E-state index in [-0.39, 0.29) is 29.2 Å². The Hall–Kier alpha value is -3.29. The molecule has 3 N–H and O–H groups in total. The number of carbonyl (C=O) groups excluding carboxylic acids is 2. The van der Waals surface area contributed by atoms with Gasteiger partial charge in [-0.15, -0.1) is 0 Å². The van der Waals surface area contributed by atoms with E-state index in [1.807, 2.05) is 43.0 Å². The molecule has 3 rings (SSSR count). The maximum atomic E-state index is 12.6. The third-order valence-electron chi connectivity index (χ3n) is 4.94. The normalized spacial score (nSPS) is 14.1. The zero-order valence-electron chi connectivity index (χ0n) is 17.0. The Bertz CT molecular complexity index is 874. The summed E-state index contributed by atoms with van der Waals surface area (Å²) in [7, 11) is 1.45. The third-order valence-corrected chi connectivity index (χ3v) is 4.94. The van der Waals surface area contributed by atoms with Gasteiger partial charge in [0.15, 0.2) is 0 Å². The fraction of sp³-hybridized carbons (Fsp3) is 0.381. The van der Waals surface area contributed by atoms with Gasteiger partial charge in [-0.3, -0.25) is 9.59 Å². The van der Waals surface area contributed by atoms with Crippen molar-refractivity contribution in [3.8, 4) is 5.88 Å². The van der Waals surface area contributed by atoms with Gasteiger partial charge in [-0.1, -0.05) is 13.8 Å². The third kappa shape index (κ3) is 4.59. The van der Waals surface area contributed by atoms with Crippen LogP contribution < -0.4 is 20.7 Å². The number of amides is 2. The van der Waals surface area contributed by atoms with E-state index in [1.54, 1.807) is 6.07 Å². The van der Waals surface area contributed by atoms with E-state index in [0.29, 0.717) is 11.4 Å². The molecule has 2 aromatic rings. The second kappa shape index (κ2) is 8.81. The summed E-state index contributed by atoms with van der Waals surface area (Å²) >= 11 is 0. The number of hydrogen-bond acceptors (Lipinski definition) is 6. The van der Waals surface area contributed by atoms with E-state index < -0.39 is 0 Å². The van der Waals surface area contributed by atoms with E-state index in [2.05, 4.69) is 15.2 Å². The first kappa shape index (κ1) is 20.4. The lowest BCUT2D eigenvalue weighted by Gasteiger charge is -2.37. The lowest BCUT2D eigenvalue weighted by molar-refractivity contribution is -0.134. The Labute approximate surface area is 170 Å². The van der Waals surface area contributed by atoms with E-state index in [1.165, 1.54) is 13.3 Å². The van der Waals surface area contributed by atoms with Crippen molar-refractivity contribution in [1.29, 1.82) is 0 Å². The van der Waals surface area contributed by atoms with Gasteiger partial charge in [-0.2, -0.15) is 0 Å². The number of benzene rings is 1. The Morgan fingerprint density at radius 2 is 1.76 bits per heavy atom. The maximum absolute atomic E-state index is 12.6. The molecule has 154 valence electrons. The van der Waals surface area contributed by atoms with Gasteiger partial charge in [-0.25, -0.2) is 4.98 Å². The van der Waals surface area contributed by atoms with Gasteiger partial charge in [0.1, 0.15) is 5.56 Å². The predicted molar refractivity (Wildman–Crippen MR) is 113 cm³/mol. The SMILES string of the molecule is COc1nccc(N)c1C(=O)Nc1ccc(N2CCN(C(=O)C(C)C)CC2)cc1. The van der Waals surface area contributed by atoms with Crippen molar-refractivity contribution in [2.24, 2.45) is 5.92 Å². The zero-order chi connectivity index (χ0) is 21.0. The van der Waals surface area contributed by atoms with Gasteiger partial charge in [0.2, 0.25) is 11.8 Å². The van der Waals surface area contributed by atoms with Crippen molar-refractivity contribution in [2.45, 2.75) is 13.8 Å². The van der Waals surface area contributed by atoms with E-state index in [0.717, 1.165) is 31.9 Å². The van der Waals surface area contributed by atoms with Crippen LogP contribution in [0.25, 0.3) is 0 Å². The number of aromatic nitrogens is 1. The lowest BCUT2D eigenvalue weighted by Crippen LogP contribution is -2.49. The van der Waals surface area contributed by atoms with Crippen LogP contribution in [0.1, 0.15) is 24.2 Å². The molecule has 0 radical (unpaired) electrons. The molecule has 1 aromatic heterocycles. The average molecular weight is 397 g/mol. The van der Waals surface area contributed by atoms with Crippen molar-refractivity contribution in [3.05, 3.63) is 42.1 Å². The van der Waals surface area contributed by atoms with Gasteiger partial charge >= 0.3 is 0 Å². The second-order valence-corrected chi connectivity index (χ2v) is 7.25. The Morgan fingerprint density at radius 1 is 1.10 bits per heavy atom. The number of piperazine rings is 1. The molecule has 1 saturated heterocycles. The number of pyridine rings is 1. The van der Waals surface area contributed by atoms with Crippen LogP contribution in [0.2, 0.25) is 0 Å². The molecule has 1 aliphatic heterocycles. The number of nitrogens with two attached hydrogens (primary N) is 1. The number of carbonyl (C=O) groups is 2. The minimum atomic E-state index is -0.374. The van der Waals surface area contributed by atoms with Crippen LogP contribution in [0, 0.1) is 5.92 Å². The first-order valence-electron chi connectivity index (χ1n) is 9.64. The summed E-state index contributed by atoms with van der Waals surface area (Å²) in [5, 5.41) is 2.83. The Morgan fingerprint density at radius 3 is 2.34 bits per heavy atom. The van der Waals surface area contributed by atoms with Crippen molar-refractivity contribution in [1.82, 2.24) is 9.88 Å². The number of nitrogens with one attached hydrogen (secondary N) is 1. The highest BCUT2D eigenvalue weighted by Gasteiger charge is 2.23. The maximum Gasteiger partial charge on any atom is 0.263 e. The average Bonchev–Trinajstić information content (AvgIpc) is 2.73. The number of methoxy groups -OCH3 is 1. The number of ether oxygens (including phenoxy) is 1. The summed E-state index contributed by atoms with van der Waals surface area (Å²) in [6.45, 7) is 6.86. The number of rotatable bonds is 5. The predicted octanol–water partition coefficient (Wildman–Crippen LogP) is 2.23. The molecule has 1 fully saturated rings. The fourth-order valence-electron chi connectivity index (χ4n) is 3.34. The molecule has 1 aromatic carbocycles. The monoisotopic (exact) mass is 397 g/mol. The van der Waals surface area contributed by atoms with Crippen LogP contribution in [0.4, 0.5) is 17.1 Å². The van der Waals surface area contributed by atoms with Crippen molar-refractivity contribution in [2.75, 3.05) is 49.2 Å². The molecule has 0 aliphatic carbocycles. The summed E-state index contributed by atoms with van der Waals surface area (Å²) in [6, 6.07) is 9.17. The summed E-state index contributed by atoms with van der Waals surface area (Å²) in [6.07, 6.45) is 1.49. The van der Waals surface area contributed by atoms with Crippen LogP contribution in [0.15, 0.2) is 36.5 Å². The highest BCUT2D eigenvalue weighted by atomic mass is 16.5. The fourth-order valence-corrected chi connectivity index (χ4v) is 3.34. The topological polar surface area (TPSA) is 101 Å². The second-order valence-electron chi connectivity index (χ2n) is 7.25. The minimum absolute atomic E-state index is 0.0249. The summed E-state index contributed by atoms with van der Waals surface area (Å²) < 4.78 is 5.14. The molecule has 29 heavy (non-hydrogen) atoms. The van der Waals surface area contributed by atoms with Gasteiger partial charge < -0.3 is 25.6 Å². The minimum Gasteiger partial charge on any atom is -0.480 e. The van der Waals surface area contributed by atoms with Crippen molar-refractivity contribution in [3.63, 3.8) is 0 Å². The number of nitrogens with zero attached hydrogens (tertiary/aromatic N) is 3. The number of anilines is 3. The van der Waals surface area contributed by atoms with Crippen LogP contribution in [-0.4, -0.2) is 55.0 Å². The van der Waals surface area contributed by atoms with Crippen molar-refractivity contribution < 1.29 is 14.3 Å². The smallest absolute Gasteiger partial charge is 0.263 e. The molecule has 2 heterocycles.